The molecular weight excluding hydrogens is 242 g/mol. The molecular formula is C15H15NO3. The molecule has 0 fully saturated rings. The first-order chi connectivity index (χ1) is 9.19. The number of benzene rings is 2. The van der Waals surface area contributed by atoms with Crippen LogP contribution < -0.4 is 14.8 Å². The number of rotatable bonds is 3. The fourth-order valence-electron chi connectivity index (χ4n) is 1.70. The molecule has 0 aliphatic carbocycles. The molecule has 0 bridgehead atoms. The van der Waals surface area contributed by atoms with E-state index in [-0.39, 0.29) is 0 Å². The van der Waals surface area contributed by atoms with Crippen LogP contribution in [0.25, 0.3) is 0 Å². The topological polar surface area (TPSA) is 47.6 Å². The molecule has 2 aromatic carbocycles. The second kappa shape index (κ2) is 5.91. The summed E-state index contributed by atoms with van der Waals surface area (Å²) in [5.74, 6) is 1.28. The summed E-state index contributed by atoms with van der Waals surface area (Å²) in [5, 5.41) is 2.67. The Bertz CT molecular complexity index is 567. The van der Waals surface area contributed by atoms with Crippen LogP contribution in [0.4, 0.5) is 10.5 Å². The van der Waals surface area contributed by atoms with E-state index in [0.717, 1.165) is 11.3 Å². The highest BCUT2D eigenvalue weighted by Gasteiger charge is 2.06. The van der Waals surface area contributed by atoms with Gasteiger partial charge in [0.2, 0.25) is 0 Å². The zero-order valence-electron chi connectivity index (χ0n) is 10.8. The molecule has 1 N–H and O–H groups in total. The summed E-state index contributed by atoms with van der Waals surface area (Å²) < 4.78 is 10.3. The maximum absolute atomic E-state index is 11.7. The lowest BCUT2D eigenvalue weighted by atomic mass is 10.2. The van der Waals surface area contributed by atoms with Crippen molar-refractivity contribution < 1.29 is 14.3 Å². The van der Waals surface area contributed by atoms with E-state index in [9.17, 15) is 4.79 Å². The van der Waals surface area contributed by atoms with E-state index < -0.39 is 6.09 Å². The van der Waals surface area contributed by atoms with E-state index in [1.807, 2.05) is 19.1 Å². The van der Waals surface area contributed by atoms with Gasteiger partial charge in [-0.3, -0.25) is 5.32 Å². The number of hydrogen-bond acceptors (Lipinski definition) is 3. The molecule has 0 aromatic heterocycles. The normalized spacial score (nSPS) is 9.79. The first-order valence-corrected chi connectivity index (χ1v) is 5.87. The molecule has 0 aliphatic rings. The van der Waals surface area contributed by atoms with Crippen LogP contribution in [-0.2, 0) is 0 Å². The molecule has 0 saturated carbocycles. The summed E-state index contributed by atoms with van der Waals surface area (Å²) in [4.78, 5) is 11.7. The fourth-order valence-corrected chi connectivity index (χ4v) is 1.70. The summed E-state index contributed by atoms with van der Waals surface area (Å²) in [6.45, 7) is 1.91. The molecule has 0 unspecified atom stereocenters. The van der Waals surface area contributed by atoms with Crippen molar-refractivity contribution in [1.29, 1.82) is 0 Å². The van der Waals surface area contributed by atoms with Gasteiger partial charge in [0.15, 0.2) is 0 Å². The number of ether oxygens (including phenoxy) is 2. The third kappa shape index (κ3) is 3.48. The van der Waals surface area contributed by atoms with Gasteiger partial charge in [-0.05, 0) is 42.8 Å². The van der Waals surface area contributed by atoms with Crippen LogP contribution in [0, 0.1) is 6.92 Å². The first-order valence-electron chi connectivity index (χ1n) is 5.87. The van der Waals surface area contributed by atoms with Gasteiger partial charge in [-0.15, -0.1) is 0 Å². The van der Waals surface area contributed by atoms with E-state index in [1.54, 1.807) is 43.5 Å². The van der Waals surface area contributed by atoms with Crippen LogP contribution in [0.1, 0.15) is 5.56 Å². The van der Waals surface area contributed by atoms with Crippen LogP contribution >= 0.6 is 0 Å². The Morgan fingerprint density at radius 3 is 2.47 bits per heavy atom. The van der Waals surface area contributed by atoms with Crippen molar-refractivity contribution in [2.24, 2.45) is 0 Å². The SMILES string of the molecule is COc1ccc(NC(=O)Oc2ccccc2)cc1C. The molecule has 0 heterocycles. The predicted octanol–water partition coefficient (Wildman–Crippen LogP) is 3.61. The number of aryl methyl sites for hydroxylation is 1. The highest BCUT2D eigenvalue weighted by Crippen LogP contribution is 2.21. The van der Waals surface area contributed by atoms with Gasteiger partial charge in [-0.2, -0.15) is 0 Å². The first kappa shape index (κ1) is 13.0. The van der Waals surface area contributed by atoms with Crippen LogP contribution in [0.5, 0.6) is 11.5 Å². The third-order valence-electron chi connectivity index (χ3n) is 2.60. The Morgan fingerprint density at radius 2 is 1.84 bits per heavy atom. The quantitative estimate of drug-likeness (QED) is 0.913. The number of amides is 1. The largest absolute Gasteiger partial charge is 0.496 e. The van der Waals surface area contributed by atoms with Crippen molar-refractivity contribution in [2.75, 3.05) is 12.4 Å². The molecule has 2 aromatic rings. The summed E-state index contributed by atoms with van der Waals surface area (Å²) in [7, 11) is 1.61. The Labute approximate surface area is 112 Å². The Balaban J connectivity index is 2.01. The smallest absolute Gasteiger partial charge is 0.417 e. The summed E-state index contributed by atoms with van der Waals surface area (Å²) >= 11 is 0. The van der Waals surface area contributed by atoms with Crippen molar-refractivity contribution in [2.45, 2.75) is 6.92 Å². The molecule has 0 spiro atoms. The van der Waals surface area contributed by atoms with Crippen molar-refractivity contribution in [3.8, 4) is 11.5 Å². The maximum Gasteiger partial charge on any atom is 0.417 e. The van der Waals surface area contributed by atoms with Crippen molar-refractivity contribution >= 4 is 11.8 Å². The minimum absolute atomic E-state index is 0.505. The highest BCUT2D eigenvalue weighted by atomic mass is 16.6. The van der Waals surface area contributed by atoms with Crippen molar-refractivity contribution in [1.82, 2.24) is 0 Å². The molecule has 0 saturated heterocycles. The lowest BCUT2D eigenvalue weighted by molar-refractivity contribution is 0.215. The van der Waals surface area contributed by atoms with Gasteiger partial charge in [0.1, 0.15) is 11.5 Å². The van der Waals surface area contributed by atoms with Gasteiger partial charge < -0.3 is 9.47 Å². The number of carbonyl (C=O) groups excluding carboxylic acids is 1. The van der Waals surface area contributed by atoms with E-state index in [1.165, 1.54) is 0 Å². The van der Waals surface area contributed by atoms with Crippen LogP contribution in [0.15, 0.2) is 48.5 Å². The summed E-state index contributed by atoms with van der Waals surface area (Å²) in [5.41, 5.74) is 1.61. The average molecular weight is 257 g/mol. The standard InChI is InChI=1S/C15H15NO3/c1-11-10-12(8-9-14(11)18-2)16-15(17)19-13-6-4-3-5-7-13/h3-10H,1-2H3,(H,16,17). The highest BCUT2D eigenvalue weighted by molar-refractivity contribution is 5.86. The Morgan fingerprint density at radius 1 is 1.11 bits per heavy atom. The van der Waals surface area contributed by atoms with Gasteiger partial charge in [-0.25, -0.2) is 4.79 Å². The number of para-hydroxylation sites is 1. The van der Waals surface area contributed by atoms with Gasteiger partial charge in [0.05, 0.1) is 7.11 Å². The minimum atomic E-state index is -0.518. The zero-order chi connectivity index (χ0) is 13.7. The second-order valence-electron chi connectivity index (χ2n) is 4.01. The van der Waals surface area contributed by atoms with Crippen molar-refractivity contribution in [3.05, 3.63) is 54.1 Å². The second-order valence-corrected chi connectivity index (χ2v) is 4.01. The molecule has 1 amide bonds. The molecule has 0 radical (unpaired) electrons. The molecule has 98 valence electrons. The predicted molar refractivity (Wildman–Crippen MR) is 73.8 cm³/mol. The lowest BCUT2D eigenvalue weighted by Gasteiger charge is -2.09. The van der Waals surface area contributed by atoms with Gasteiger partial charge in [-0.1, -0.05) is 18.2 Å². The molecule has 0 atom stereocenters. The number of anilines is 1. The number of carbonyl (C=O) groups is 1. The Kier molecular flexibility index (Phi) is 4.03. The van der Waals surface area contributed by atoms with E-state index in [0.29, 0.717) is 11.4 Å². The Hall–Kier alpha value is -2.49. The van der Waals surface area contributed by atoms with E-state index in [2.05, 4.69) is 5.32 Å². The monoisotopic (exact) mass is 257 g/mol. The number of nitrogens with one attached hydrogen (secondary N) is 1. The lowest BCUT2D eigenvalue weighted by Crippen LogP contribution is -2.16. The number of hydrogen-bond donors (Lipinski definition) is 1. The summed E-state index contributed by atoms with van der Waals surface area (Å²) in [6.07, 6.45) is -0.518. The van der Waals surface area contributed by atoms with Gasteiger partial charge >= 0.3 is 6.09 Å². The molecule has 2 rings (SSSR count). The van der Waals surface area contributed by atoms with Crippen LogP contribution in [-0.4, -0.2) is 13.2 Å². The van der Waals surface area contributed by atoms with Crippen LogP contribution in [0.3, 0.4) is 0 Å². The van der Waals surface area contributed by atoms with Crippen molar-refractivity contribution in [3.63, 3.8) is 0 Å². The molecule has 4 nitrogen and oxygen atoms in total. The zero-order valence-corrected chi connectivity index (χ0v) is 10.8. The van der Waals surface area contributed by atoms with E-state index >= 15 is 0 Å². The van der Waals surface area contributed by atoms with E-state index in [4.69, 9.17) is 9.47 Å². The van der Waals surface area contributed by atoms with Gasteiger partial charge in [0, 0.05) is 5.69 Å². The third-order valence-corrected chi connectivity index (χ3v) is 2.60. The number of methoxy groups -OCH3 is 1. The maximum atomic E-state index is 11.7. The molecule has 19 heavy (non-hydrogen) atoms. The molecule has 4 heteroatoms. The summed E-state index contributed by atoms with van der Waals surface area (Å²) in [6, 6.07) is 14.3. The van der Waals surface area contributed by atoms with Crippen LogP contribution in [0.2, 0.25) is 0 Å². The molecule has 0 aliphatic heterocycles. The van der Waals surface area contributed by atoms with Gasteiger partial charge in [0.25, 0.3) is 0 Å². The average Bonchev–Trinajstić information content (AvgIpc) is 2.40. The minimum Gasteiger partial charge on any atom is -0.496 e. The fraction of sp³-hybridized carbons (Fsp3) is 0.133.